The van der Waals surface area contributed by atoms with Crippen molar-refractivity contribution in [2.75, 3.05) is 32.0 Å². The van der Waals surface area contributed by atoms with E-state index in [0.29, 0.717) is 5.69 Å². The molecule has 28 heavy (non-hydrogen) atoms. The predicted molar refractivity (Wildman–Crippen MR) is 107 cm³/mol. The molecule has 0 radical (unpaired) electrons. The summed E-state index contributed by atoms with van der Waals surface area (Å²) in [6, 6.07) is 14.1. The number of nitrogens with zero attached hydrogens (tertiary/aromatic N) is 2. The van der Waals surface area contributed by atoms with Crippen LogP contribution in [0.15, 0.2) is 48.5 Å². The minimum absolute atomic E-state index is 0.00175. The van der Waals surface area contributed by atoms with Gasteiger partial charge in [0, 0.05) is 18.8 Å². The molecule has 148 valence electrons. The van der Waals surface area contributed by atoms with Crippen molar-refractivity contribution < 1.29 is 14.0 Å². The Hall–Kier alpha value is -2.73. The topological polar surface area (TPSA) is 52.7 Å². The number of carbonyl (C=O) groups excluding carboxylic acids is 2. The number of aryl methyl sites for hydroxylation is 1. The summed E-state index contributed by atoms with van der Waals surface area (Å²) in [6.07, 6.45) is 1.93. The fraction of sp³-hybridized carbons (Fsp3) is 0.364. The predicted octanol–water partition coefficient (Wildman–Crippen LogP) is 3.37. The normalized spacial score (nSPS) is 16.8. The summed E-state index contributed by atoms with van der Waals surface area (Å²) in [5.41, 5.74) is 2.85. The molecule has 0 spiro atoms. The summed E-state index contributed by atoms with van der Waals surface area (Å²) in [7, 11) is 1.64. The van der Waals surface area contributed by atoms with Crippen LogP contribution < -0.4 is 5.32 Å². The molecule has 0 aliphatic carbocycles. The Labute approximate surface area is 165 Å². The summed E-state index contributed by atoms with van der Waals surface area (Å²) < 4.78 is 13.2. The maximum absolute atomic E-state index is 13.2. The van der Waals surface area contributed by atoms with Crippen LogP contribution in [-0.2, 0) is 9.59 Å². The van der Waals surface area contributed by atoms with Crippen molar-refractivity contribution in [1.29, 1.82) is 0 Å². The molecule has 1 aliphatic rings. The van der Waals surface area contributed by atoms with Crippen LogP contribution in [0.5, 0.6) is 0 Å². The van der Waals surface area contributed by atoms with Crippen LogP contribution in [0.4, 0.5) is 10.1 Å². The van der Waals surface area contributed by atoms with Gasteiger partial charge < -0.3 is 10.2 Å². The van der Waals surface area contributed by atoms with Crippen LogP contribution in [0.2, 0.25) is 0 Å². The fourth-order valence-corrected chi connectivity index (χ4v) is 3.51. The molecular weight excluding hydrogens is 357 g/mol. The number of carbonyl (C=O) groups is 2. The molecule has 3 rings (SSSR count). The smallest absolute Gasteiger partial charge is 0.243 e. The van der Waals surface area contributed by atoms with Gasteiger partial charge in [0.15, 0.2) is 0 Å². The van der Waals surface area contributed by atoms with Gasteiger partial charge in [-0.3, -0.25) is 14.5 Å². The Morgan fingerprint density at radius 2 is 1.82 bits per heavy atom. The van der Waals surface area contributed by atoms with E-state index in [0.717, 1.165) is 30.5 Å². The Morgan fingerprint density at radius 3 is 2.50 bits per heavy atom. The number of rotatable bonds is 6. The minimum Gasteiger partial charge on any atom is -0.335 e. The highest BCUT2D eigenvalue weighted by molar-refractivity contribution is 5.94. The van der Waals surface area contributed by atoms with Crippen LogP contribution in [-0.4, -0.2) is 48.3 Å². The van der Waals surface area contributed by atoms with Gasteiger partial charge in [0.25, 0.3) is 0 Å². The van der Waals surface area contributed by atoms with Crippen LogP contribution in [0.25, 0.3) is 0 Å². The highest BCUT2D eigenvalue weighted by Crippen LogP contribution is 2.31. The van der Waals surface area contributed by atoms with Crippen LogP contribution in [0.3, 0.4) is 0 Å². The van der Waals surface area contributed by atoms with E-state index >= 15 is 0 Å². The number of hydrogen-bond acceptors (Lipinski definition) is 3. The maximum atomic E-state index is 13.2. The fourth-order valence-electron chi connectivity index (χ4n) is 3.51. The number of benzene rings is 2. The third kappa shape index (κ3) is 5.16. The van der Waals surface area contributed by atoms with Gasteiger partial charge in [0.2, 0.25) is 11.8 Å². The number of nitrogens with one attached hydrogen (secondary N) is 1. The highest BCUT2D eigenvalue weighted by Gasteiger charge is 2.28. The molecule has 1 atom stereocenters. The number of likely N-dealkylation sites (N-methyl/N-ethyl adjacent to an activating group) is 1. The number of halogens is 1. The molecule has 2 amide bonds. The number of likely N-dealkylation sites (tertiary alicyclic amines) is 1. The lowest BCUT2D eigenvalue weighted by Crippen LogP contribution is -2.41. The lowest BCUT2D eigenvalue weighted by atomic mass is 10.0. The molecule has 0 bridgehead atoms. The first-order chi connectivity index (χ1) is 13.4. The zero-order valence-corrected chi connectivity index (χ0v) is 16.3. The molecule has 2 aromatic rings. The van der Waals surface area contributed by atoms with Gasteiger partial charge in [-0.05, 0) is 56.1 Å². The van der Waals surface area contributed by atoms with Crippen molar-refractivity contribution >= 4 is 17.5 Å². The first-order valence-electron chi connectivity index (χ1n) is 9.52. The summed E-state index contributed by atoms with van der Waals surface area (Å²) in [5, 5.41) is 2.81. The summed E-state index contributed by atoms with van der Waals surface area (Å²) in [6.45, 7) is 3.05. The average Bonchev–Trinajstić information content (AvgIpc) is 3.12. The average molecular weight is 383 g/mol. The van der Waals surface area contributed by atoms with E-state index in [1.165, 1.54) is 17.0 Å². The first kappa shape index (κ1) is 20.0. The largest absolute Gasteiger partial charge is 0.335 e. The summed E-state index contributed by atoms with van der Waals surface area (Å²) in [4.78, 5) is 28.4. The zero-order valence-electron chi connectivity index (χ0n) is 16.3. The van der Waals surface area contributed by atoms with Crippen molar-refractivity contribution in [3.63, 3.8) is 0 Å². The van der Waals surface area contributed by atoms with Gasteiger partial charge in [-0.1, -0.05) is 29.8 Å². The second kappa shape index (κ2) is 8.97. The van der Waals surface area contributed by atoms with Gasteiger partial charge in [-0.2, -0.15) is 0 Å². The minimum atomic E-state index is -0.260. The van der Waals surface area contributed by atoms with Crippen molar-refractivity contribution in [1.82, 2.24) is 9.80 Å². The highest BCUT2D eigenvalue weighted by atomic mass is 19.1. The summed E-state index contributed by atoms with van der Waals surface area (Å²) in [5.74, 6) is -0.590. The van der Waals surface area contributed by atoms with E-state index in [4.69, 9.17) is 0 Å². The summed E-state index contributed by atoms with van der Waals surface area (Å²) >= 11 is 0. The van der Waals surface area contributed by atoms with Crippen molar-refractivity contribution in [2.45, 2.75) is 25.8 Å². The molecule has 1 unspecified atom stereocenters. The number of hydrogen-bond donors (Lipinski definition) is 1. The van der Waals surface area contributed by atoms with E-state index < -0.39 is 0 Å². The molecule has 1 N–H and O–H groups in total. The maximum Gasteiger partial charge on any atom is 0.243 e. The Kier molecular flexibility index (Phi) is 6.41. The SMILES string of the molecule is Cc1ccc(NC(=O)CN(C)C(=O)CN2CCCC2c2ccc(F)cc2)cc1. The second-order valence-corrected chi connectivity index (χ2v) is 7.34. The molecule has 2 aromatic carbocycles. The van der Waals surface area contributed by atoms with Gasteiger partial charge in [-0.15, -0.1) is 0 Å². The van der Waals surface area contributed by atoms with E-state index in [2.05, 4.69) is 10.2 Å². The Bertz CT molecular complexity index is 821. The Balaban J connectivity index is 1.53. The van der Waals surface area contributed by atoms with Gasteiger partial charge in [-0.25, -0.2) is 4.39 Å². The van der Waals surface area contributed by atoms with Crippen LogP contribution in [0.1, 0.15) is 30.0 Å². The quantitative estimate of drug-likeness (QED) is 0.832. The van der Waals surface area contributed by atoms with Gasteiger partial charge in [0.05, 0.1) is 13.1 Å². The number of amides is 2. The standard InChI is InChI=1S/C22H26FN3O2/c1-16-5-11-19(12-6-16)24-21(27)14-25(2)22(28)15-26-13-3-4-20(26)17-7-9-18(23)10-8-17/h5-12,20H,3-4,13-15H2,1-2H3,(H,24,27). The van der Waals surface area contributed by atoms with Crippen LogP contribution >= 0.6 is 0 Å². The van der Waals surface area contributed by atoms with E-state index in [9.17, 15) is 14.0 Å². The molecule has 1 saturated heterocycles. The molecule has 6 heteroatoms. The van der Waals surface area contributed by atoms with Crippen molar-refractivity contribution in [3.05, 3.63) is 65.5 Å². The molecule has 1 aliphatic heterocycles. The molecule has 0 aromatic heterocycles. The number of anilines is 1. The van der Waals surface area contributed by atoms with E-state index in [1.54, 1.807) is 19.2 Å². The monoisotopic (exact) mass is 383 g/mol. The first-order valence-corrected chi connectivity index (χ1v) is 9.52. The van der Waals surface area contributed by atoms with Crippen molar-refractivity contribution in [3.8, 4) is 0 Å². The van der Waals surface area contributed by atoms with Gasteiger partial charge >= 0.3 is 0 Å². The van der Waals surface area contributed by atoms with E-state index in [-0.39, 0.29) is 36.8 Å². The lowest BCUT2D eigenvalue weighted by molar-refractivity contribution is -0.134. The third-order valence-corrected chi connectivity index (χ3v) is 5.10. The molecule has 5 nitrogen and oxygen atoms in total. The lowest BCUT2D eigenvalue weighted by Gasteiger charge is -2.26. The zero-order chi connectivity index (χ0) is 20.1. The van der Waals surface area contributed by atoms with Crippen LogP contribution in [0, 0.1) is 12.7 Å². The van der Waals surface area contributed by atoms with Crippen molar-refractivity contribution in [2.24, 2.45) is 0 Å². The molecule has 0 saturated carbocycles. The molecule has 1 fully saturated rings. The second-order valence-electron chi connectivity index (χ2n) is 7.34. The molecule has 1 heterocycles. The third-order valence-electron chi connectivity index (χ3n) is 5.10. The Morgan fingerprint density at radius 1 is 1.14 bits per heavy atom. The van der Waals surface area contributed by atoms with Gasteiger partial charge in [0.1, 0.15) is 5.82 Å². The van der Waals surface area contributed by atoms with E-state index in [1.807, 2.05) is 31.2 Å². The molecular formula is C22H26FN3O2.